The Morgan fingerprint density at radius 2 is 2.24 bits per heavy atom. The molecule has 0 aliphatic heterocycles. The maximum atomic E-state index is 6.26. The molecular formula is C15H18BrClN2O2. The molecular weight excluding hydrogens is 356 g/mol. The summed E-state index contributed by atoms with van der Waals surface area (Å²) in [5.74, 6) is 1.43. The number of halogens is 2. The van der Waals surface area contributed by atoms with E-state index in [9.17, 15) is 0 Å². The Kier molecular flexibility index (Phi) is 6.70. The van der Waals surface area contributed by atoms with Crippen molar-refractivity contribution >= 4 is 27.5 Å². The topological polar surface area (TPSA) is 47.3 Å². The molecule has 114 valence electrons. The van der Waals surface area contributed by atoms with Gasteiger partial charge in [-0.05, 0) is 41.0 Å². The molecule has 21 heavy (non-hydrogen) atoms. The van der Waals surface area contributed by atoms with Crippen LogP contribution in [0.2, 0.25) is 5.02 Å². The fraction of sp³-hybridized carbons (Fsp3) is 0.400. The molecule has 1 aromatic heterocycles. The molecule has 0 aliphatic carbocycles. The summed E-state index contributed by atoms with van der Waals surface area (Å²) in [5, 5.41) is 3.93. The monoisotopic (exact) mass is 372 g/mol. The number of methoxy groups -OCH3 is 1. The van der Waals surface area contributed by atoms with Gasteiger partial charge in [0.1, 0.15) is 0 Å². The van der Waals surface area contributed by atoms with Gasteiger partial charge in [-0.2, -0.15) is 0 Å². The number of oxazole rings is 1. The standard InChI is InChI=1S/C15H18BrClN2O2/c1-20-9-8-18-7-3-6-14-19-10-13(21-14)11-4-2-5-12(16)15(11)17/h2,4-5,10,18H,3,6-9H2,1H3. The predicted molar refractivity (Wildman–Crippen MR) is 87.7 cm³/mol. The van der Waals surface area contributed by atoms with E-state index in [0.717, 1.165) is 48.5 Å². The lowest BCUT2D eigenvalue weighted by molar-refractivity contribution is 0.199. The highest BCUT2D eigenvalue weighted by Gasteiger charge is 2.11. The van der Waals surface area contributed by atoms with Gasteiger partial charge in [0.2, 0.25) is 0 Å². The van der Waals surface area contributed by atoms with Crippen molar-refractivity contribution in [2.75, 3.05) is 26.8 Å². The molecule has 0 radical (unpaired) electrons. The van der Waals surface area contributed by atoms with Crippen LogP contribution in [0.1, 0.15) is 12.3 Å². The van der Waals surface area contributed by atoms with Gasteiger partial charge in [0.25, 0.3) is 0 Å². The summed E-state index contributed by atoms with van der Waals surface area (Å²) in [5.41, 5.74) is 0.850. The number of hydrogen-bond donors (Lipinski definition) is 1. The minimum absolute atomic E-state index is 0.640. The van der Waals surface area contributed by atoms with Gasteiger partial charge in [0.15, 0.2) is 11.7 Å². The molecule has 2 rings (SSSR count). The lowest BCUT2D eigenvalue weighted by atomic mass is 10.2. The SMILES string of the molecule is COCCNCCCc1ncc(-c2cccc(Br)c2Cl)o1. The molecule has 2 aromatic rings. The van der Waals surface area contributed by atoms with Crippen molar-refractivity contribution in [3.8, 4) is 11.3 Å². The number of rotatable bonds is 8. The van der Waals surface area contributed by atoms with Crippen molar-refractivity contribution in [2.24, 2.45) is 0 Å². The van der Waals surface area contributed by atoms with Crippen molar-refractivity contribution in [3.63, 3.8) is 0 Å². The molecule has 0 unspecified atom stereocenters. The molecule has 1 N–H and O–H groups in total. The fourth-order valence-corrected chi connectivity index (χ4v) is 2.49. The van der Waals surface area contributed by atoms with Crippen LogP contribution >= 0.6 is 27.5 Å². The normalized spacial score (nSPS) is 11.0. The average molecular weight is 374 g/mol. The average Bonchev–Trinajstić information content (AvgIpc) is 2.94. The van der Waals surface area contributed by atoms with Gasteiger partial charge < -0.3 is 14.5 Å². The van der Waals surface area contributed by atoms with E-state index < -0.39 is 0 Å². The molecule has 1 aromatic carbocycles. The molecule has 0 saturated heterocycles. The largest absolute Gasteiger partial charge is 0.441 e. The predicted octanol–water partition coefficient (Wildman–Crippen LogP) is 3.93. The third-order valence-corrected chi connectivity index (χ3v) is 4.29. The van der Waals surface area contributed by atoms with E-state index in [1.807, 2.05) is 18.2 Å². The van der Waals surface area contributed by atoms with Crippen molar-refractivity contribution in [1.29, 1.82) is 0 Å². The van der Waals surface area contributed by atoms with E-state index in [0.29, 0.717) is 10.8 Å². The zero-order valence-corrected chi connectivity index (χ0v) is 14.2. The first-order chi connectivity index (χ1) is 10.2. The van der Waals surface area contributed by atoms with Crippen LogP contribution in [-0.2, 0) is 11.2 Å². The lowest BCUT2D eigenvalue weighted by Gasteiger charge is -2.03. The van der Waals surface area contributed by atoms with Crippen LogP contribution in [0.3, 0.4) is 0 Å². The molecule has 0 spiro atoms. The smallest absolute Gasteiger partial charge is 0.194 e. The van der Waals surface area contributed by atoms with Crippen LogP contribution in [0.15, 0.2) is 33.3 Å². The second kappa shape index (κ2) is 8.54. The van der Waals surface area contributed by atoms with Gasteiger partial charge in [-0.3, -0.25) is 0 Å². The van der Waals surface area contributed by atoms with Crippen LogP contribution in [-0.4, -0.2) is 31.8 Å². The number of aryl methyl sites for hydroxylation is 1. The second-order valence-electron chi connectivity index (χ2n) is 4.57. The molecule has 0 fully saturated rings. The summed E-state index contributed by atoms with van der Waals surface area (Å²) in [6, 6.07) is 5.74. The van der Waals surface area contributed by atoms with E-state index in [-0.39, 0.29) is 0 Å². The summed E-state index contributed by atoms with van der Waals surface area (Å²) >= 11 is 9.67. The molecule has 0 aliphatic rings. The summed E-state index contributed by atoms with van der Waals surface area (Å²) < 4.78 is 11.6. The third kappa shape index (κ3) is 4.81. The number of benzene rings is 1. The number of nitrogens with zero attached hydrogens (tertiary/aromatic N) is 1. The Bertz CT molecular complexity index is 575. The van der Waals surface area contributed by atoms with E-state index in [4.69, 9.17) is 20.8 Å². The summed E-state index contributed by atoms with van der Waals surface area (Å²) in [7, 11) is 1.70. The van der Waals surface area contributed by atoms with Gasteiger partial charge in [-0.25, -0.2) is 4.98 Å². The van der Waals surface area contributed by atoms with Crippen LogP contribution in [0.4, 0.5) is 0 Å². The summed E-state index contributed by atoms with van der Waals surface area (Å²) in [4.78, 5) is 4.30. The van der Waals surface area contributed by atoms with Crippen LogP contribution in [0, 0.1) is 0 Å². The Hall–Kier alpha value is -0.880. The van der Waals surface area contributed by atoms with Gasteiger partial charge in [-0.15, -0.1) is 0 Å². The van der Waals surface area contributed by atoms with E-state index in [1.54, 1.807) is 13.3 Å². The Morgan fingerprint density at radius 1 is 1.38 bits per heavy atom. The summed E-state index contributed by atoms with van der Waals surface area (Å²) in [6.45, 7) is 2.50. The first-order valence-corrected chi connectivity index (χ1v) is 7.98. The zero-order chi connectivity index (χ0) is 15.1. The van der Waals surface area contributed by atoms with E-state index >= 15 is 0 Å². The molecule has 4 nitrogen and oxygen atoms in total. The number of aromatic nitrogens is 1. The van der Waals surface area contributed by atoms with Crippen molar-refractivity contribution in [1.82, 2.24) is 10.3 Å². The van der Waals surface area contributed by atoms with Gasteiger partial charge in [0, 0.05) is 30.1 Å². The minimum Gasteiger partial charge on any atom is -0.441 e. The molecule has 0 saturated carbocycles. The highest BCUT2D eigenvalue weighted by molar-refractivity contribution is 9.10. The van der Waals surface area contributed by atoms with Crippen molar-refractivity contribution < 1.29 is 9.15 Å². The fourth-order valence-electron chi connectivity index (χ4n) is 1.91. The maximum absolute atomic E-state index is 6.26. The van der Waals surface area contributed by atoms with Crippen molar-refractivity contribution in [3.05, 3.63) is 39.8 Å². The summed E-state index contributed by atoms with van der Waals surface area (Å²) in [6.07, 6.45) is 3.49. The molecule has 0 atom stereocenters. The van der Waals surface area contributed by atoms with Gasteiger partial charge in [-0.1, -0.05) is 17.7 Å². The third-order valence-electron chi connectivity index (χ3n) is 3.00. The van der Waals surface area contributed by atoms with E-state index in [1.165, 1.54) is 0 Å². The van der Waals surface area contributed by atoms with Gasteiger partial charge >= 0.3 is 0 Å². The van der Waals surface area contributed by atoms with Gasteiger partial charge in [0.05, 0.1) is 17.8 Å². The molecule has 0 bridgehead atoms. The Morgan fingerprint density at radius 3 is 3.05 bits per heavy atom. The van der Waals surface area contributed by atoms with Crippen LogP contribution < -0.4 is 5.32 Å². The van der Waals surface area contributed by atoms with E-state index in [2.05, 4.69) is 26.2 Å². The lowest BCUT2D eigenvalue weighted by Crippen LogP contribution is -2.20. The molecule has 1 heterocycles. The first-order valence-electron chi connectivity index (χ1n) is 6.81. The number of ether oxygens (including phenoxy) is 1. The first kappa shape index (κ1) is 16.5. The highest BCUT2D eigenvalue weighted by atomic mass is 79.9. The number of nitrogens with one attached hydrogen (secondary N) is 1. The van der Waals surface area contributed by atoms with Crippen molar-refractivity contribution in [2.45, 2.75) is 12.8 Å². The minimum atomic E-state index is 0.640. The molecule has 6 heteroatoms. The zero-order valence-electron chi connectivity index (χ0n) is 11.9. The maximum Gasteiger partial charge on any atom is 0.194 e. The number of hydrogen-bond acceptors (Lipinski definition) is 4. The molecule has 0 amide bonds. The Labute approximate surface area is 138 Å². The Balaban J connectivity index is 1.88. The van der Waals surface area contributed by atoms with Crippen LogP contribution in [0.25, 0.3) is 11.3 Å². The highest BCUT2D eigenvalue weighted by Crippen LogP contribution is 2.33. The second-order valence-corrected chi connectivity index (χ2v) is 5.80. The van der Waals surface area contributed by atoms with Crippen LogP contribution in [0.5, 0.6) is 0 Å². The quantitative estimate of drug-likeness (QED) is 0.712.